The molecule has 132 valence electrons. The fraction of sp³-hybridized carbons (Fsp3) is 0.632. The van der Waals surface area contributed by atoms with Gasteiger partial charge >= 0.3 is 5.97 Å². The van der Waals surface area contributed by atoms with E-state index in [1.165, 1.54) is 24.8 Å². The van der Waals surface area contributed by atoms with Crippen LogP contribution < -0.4 is 5.32 Å². The van der Waals surface area contributed by atoms with E-state index in [0.717, 1.165) is 24.4 Å². The molecular formula is C19H27ClN2O2. The first-order valence-electron chi connectivity index (χ1n) is 9.02. The number of aliphatic carboxylic acids is 1. The van der Waals surface area contributed by atoms with Crippen LogP contribution in [0.3, 0.4) is 0 Å². The Labute approximate surface area is 149 Å². The van der Waals surface area contributed by atoms with Gasteiger partial charge in [0.25, 0.3) is 0 Å². The van der Waals surface area contributed by atoms with Crippen molar-refractivity contribution in [3.8, 4) is 0 Å². The van der Waals surface area contributed by atoms with Crippen molar-refractivity contribution in [3.63, 3.8) is 0 Å². The summed E-state index contributed by atoms with van der Waals surface area (Å²) in [4.78, 5) is 13.0. The highest BCUT2D eigenvalue weighted by atomic mass is 35.5. The van der Waals surface area contributed by atoms with E-state index in [0.29, 0.717) is 24.0 Å². The maximum atomic E-state index is 10.9. The van der Waals surface area contributed by atoms with E-state index >= 15 is 0 Å². The number of carbonyl (C=O) groups is 1. The number of hydrogen-bond acceptors (Lipinski definition) is 3. The van der Waals surface area contributed by atoms with E-state index in [1.54, 1.807) is 0 Å². The molecule has 0 amide bonds. The lowest BCUT2D eigenvalue weighted by Crippen LogP contribution is -2.55. The number of nitrogens with one attached hydrogen (secondary N) is 1. The predicted molar refractivity (Wildman–Crippen MR) is 96.7 cm³/mol. The number of carboxylic acid groups (broad SMARTS) is 1. The number of likely N-dealkylation sites (N-methyl/N-ethyl adjacent to an activating group) is 1. The Morgan fingerprint density at radius 1 is 1.21 bits per heavy atom. The molecule has 2 fully saturated rings. The van der Waals surface area contributed by atoms with Crippen LogP contribution in [0.1, 0.15) is 50.5 Å². The molecule has 0 bridgehead atoms. The second-order valence-electron chi connectivity index (χ2n) is 7.20. The molecule has 2 aliphatic carbocycles. The molecule has 3 rings (SSSR count). The monoisotopic (exact) mass is 350 g/mol. The van der Waals surface area contributed by atoms with Crippen molar-refractivity contribution in [2.75, 3.05) is 13.1 Å². The first-order valence-corrected chi connectivity index (χ1v) is 9.40. The van der Waals surface area contributed by atoms with Crippen molar-refractivity contribution >= 4 is 17.6 Å². The van der Waals surface area contributed by atoms with Gasteiger partial charge in [0.2, 0.25) is 0 Å². The summed E-state index contributed by atoms with van der Waals surface area (Å²) in [6.45, 7) is 3.01. The molecule has 5 heteroatoms. The summed E-state index contributed by atoms with van der Waals surface area (Å²) >= 11 is 5.97. The van der Waals surface area contributed by atoms with Crippen molar-refractivity contribution in [2.24, 2.45) is 0 Å². The van der Waals surface area contributed by atoms with E-state index in [2.05, 4.69) is 22.3 Å². The summed E-state index contributed by atoms with van der Waals surface area (Å²) < 4.78 is 0. The van der Waals surface area contributed by atoms with E-state index < -0.39 is 5.97 Å². The molecule has 0 aromatic heterocycles. The maximum absolute atomic E-state index is 10.9. The predicted octanol–water partition coefficient (Wildman–Crippen LogP) is 3.50. The lowest BCUT2D eigenvalue weighted by Gasteiger charge is -2.43. The number of rotatable bonds is 7. The van der Waals surface area contributed by atoms with Crippen LogP contribution in [-0.2, 0) is 4.79 Å². The van der Waals surface area contributed by atoms with Crippen LogP contribution in [0.4, 0.5) is 0 Å². The second kappa shape index (κ2) is 7.85. The number of halogens is 1. The van der Waals surface area contributed by atoms with Crippen LogP contribution >= 0.6 is 11.6 Å². The topological polar surface area (TPSA) is 52.6 Å². The number of hydrogen-bond donors (Lipinski definition) is 2. The molecular weight excluding hydrogens is 324 g/mol. The first kappa shape index (κ1) is 17.7. The third-order valence-electron chi connectivity index (χ3n) is 5.62. The van der Waals surface area contributed by atoms with Crippen molar-refractivity contribution in [3.05, 3.63) is 34.9 Å². The smallest absolute Gasteiger partial charge is 0.317 e. The van der Waals surface area contributed by atoms with Crippen LogP contribution in [0, 0.1) is 0 Å². The third kappa shape index (κ3) is 4.29. The van der Waals surface area contributed by atoms with Crippen molar-refractivity contribution in [1.82, 2.24) is 10.2 Å². The summed E-state index contributed by atoms with van der Waals surface area (Å²) in [5.41, 5.74) is 1.40. The molecule has 1 aromatic carbocycles. The Kier molecular flexibility index (Phi) is 5.80. The fourth-order valence-electron chi connectivity index (χ4n) is 4.20. The van der Waals surface area contributed by atoms with Gasteiger partial charge in [0, 0.05) is 23.1 Å². The number of carboxylic acids is 1. The zero-order chi connectivity index (χ0) is 17.1. The van der Waals surface area contributed by atoms with Gasteiger partial charge in [-0.2, -0.15) is 0 Å². The maximum Gasteiger partial charge on any atom is 0.317 e. The second-order valence-corrected chi connectivity index (χ2v) is 7.64. The first-order chi connectivity index (χ1) is 11.5. The quantitative estimate of drug-likeness (QED) is 0.790. The fourth-order valence-corrected chi connectivity index (χ4v) is 4.32. The van der Waals surface area contributed by atoms with Crippen molar-refractivity contribution in [1.29, 1.82) is 0 Å². The Morgan fingerprint density at radius 3 is 2.54 bits per heavy atom. The highest BCUT2D eigenvalue weighted by molar-refractivity contribution is 6.30. The minimum Gasteiger partial charge on any atom is -0.480 e. The summed E-state index contributed by atoms with van der Waals surface area (Å²) in [5.74, 6) is -0.0929. The molecule has 2 aliphatic rings. The van der Waals surface area contributed by atoms with Crippen LogP contribution in [0.25, 0.3) is 0 Å². The van der Waals surface area contributed by atoms with E-state index in [4.69, 9.17) is 16.7 Å². The molecule has 2 atom stereocenters. The normalized spacial score (nSPS) is 29.6. The standard InChI is InChI=1S/C19H27ClN2O2/c1-2-22(12-19(23)24)18-10-17(11-18)21-16-8-5-14(9-16)13-3-6-15(20)7-4-13/h3-4,6-7,14,16-18,21H,2,5,8-12H2,1H3,(H,23,24). The zero-order valence-electron chi connectivity index (χ0n) is 14.2. The Hall–Kier alpha value is -1.10. The van der Waals surface area contributed by atoms with Gasteiger partial charge in [0.15, 0.2) is 0 Å². The van der Waals surface area contributed by atoms with Gasteiger partial charge in [0.05, 0.1) is 6.54 Å². The molecule has 0 saturated heterocycles. The molecule has 0 spiro atoms. The molecule has 0 heterocycles. The molecule has 2 saturated carbocycles. The van der Waals surface area contributed by atoms with Gasteiger partial charge in [-0.1, -0.05) is 30.7 Å². The largest absolute Gasteiger partial charge is 0.480 e. The van der Waals surface area contributed by atoms with Gasteiger partial charge in [-0.05, 0) is 62.3 Å². The van der Waals surface area contributed by atoms with Gasteiger partial charge in [0.1, 0.15) is 0 Å². The Balaban J connectivity index is 1.42. The lowest BCUT2D eigenvalue weighted by atomic mass is 9.84. The Morgan fingerprint density at radius 2 is 1.92 bits per heavy atom. The van der Waals surface area contributed by atoms with Crippen LogP contribution in [-0.4, -0.2) is 47.2 Å². The highest BCUT2D eigenvalue weighted by Gasteiger charge is 2.36. The van der Waals surface area contributed by atoms with Crippen molar-refractivity contribution in [2.45, 2.75) is 63.1 Å². The molecule has 1 aromatic rings. The molecule has 24 heavy (non-hydrogen) atoms. The van der Waals surface area contributed by atoms with Gasteiger partial charge in [-0.3, -0.25) is 9.69 Å². The van der Waals surface area contributed by atoms with E-state index in [-0.39, 0.29) is 6.54 Å². The van der Waals surface area contributed by atoms with Gasteiger partial charge < -0.3 is 10.4 Å². The van der Waals surface area contributed by atoms with Crippen LogP contribution in [0.2, 0.25) is 5.02 Å². The van der Waals surface area contributed by atoms with E-state index in [1.807, 2.05) is 19.1 Å². The Bertz CT molecular complexity index is 557. The van der Waals surface area contributed by atoms with Crippen molar-refractivity contribution < 1.29 is 9.90 Å². The summed E-state index contributed by atoms with van der Waals surface area (Å²) in [7, 11) is 0. The van der Waals surface area contributed by atoms with Gasteiger partial charge in [-0.25, -0.2) is 0 Å². The third-order valence-corrected chi connectivity index (χ3v) is 5.87. The minimum absolute atomic E-state index is 0.163. The highest BCUT2D eigenvalue weighted by Crippen LogP contribution is 2.36. The van der Waals surface area contributed by atoms with Crippen LogP contribution in [0.15, 0.2) is 24.3 Å². The lowest BCUT2D eigenvalue weighted by molar-refractivity contribution is -0.139. The number of nitrogens with zero attached hydrogens (tertiary/aromatic N) is 1. The summed E-state index contributed by atoms with van der Waals surface area (Å²) in [6, 6.07) is 9.83. The zero-order valence-corrected chi connectivity index (χ0v) is 15.0. The van der Waals surface area contributed by atoms with E-state index in [9.17, 15) is 4.79 Å². The van der Waals surface area contributed by atoms with Crippen LogP contribution in [0.5, 0.6) is 0 Å². The average molecular weight is 351 g/mol. The summed E-state index contributed by atoms with van der Waals surface area (Å²) in [6.07, 6.45) is 5.79. The molecule has 2 N–H and O–H groups in total. The molecule has 0 aliphatic heterocycles. The molecule has 4 nitrogen and oxygen atoms in total. The summed E-state index contributed by atoms with van der Waals surface area (Å²) in [5, 5.41) is 13.6. The average Bonchev–Trinajstić information content (AvgIpc) is 2.97. The number of benzene rings is 1. The SMILES string of the molecule is CCN(CC(=O)O)C1CC(NC2CCC(c3ccc(Cl)cc3)C2)C1. The minimum atomic E-state index is -0.727. The molecule has 0 radical (unpaired) electrons. The molecule has 2 unspecified atom stereocenters. The van der Waals surface area contributed by atoms with Gasteiger partial charge in [-0.15, -0.1) is 0 Å².